The van der Waals surface area contributed by atoms with E-state index in [4.69, 9.17) is 0 Å². The number of hydrogen-bond donors (Lipinski definition) is 1. The largest absolute Gasteiger partial charge is 0.347 e. The van der Waals surface area contributed by atoms with Crippen LogP contribution >= 0.6 is 0 Å². The van der Waals surface area contributed by atoms with Gasteiger partial charge in [-0.1, -0.05) is 12.1 Å². The summed E-state index contributed by atoms with van der Waals surface area (Å²) < 4.78 is 26.7. The number of benzene rings is 1. The van der Waals surface area contributed by atoms with Crippen molar-refractivity contribution in [2.24, 2.45) is 11.8 Å². The highest BCUT2D eigenvalue weighted by atomic mass is 19.2. The average molecular weight is 385 g/mol. The van der Waals surface area contributed by atoms with Crippen LogP contribution in [0.2, 0.25) is 0 Å². The Kier molecular flexibility index (Phi) is 5.67. The molecular weight excluding hydrogens is 360 g/mol. The summed E-state index contributed by atoms with van der Waals surface area (Å²) in [4.78, 5) is 19.2. The molecule has 1 saturated heterocycles. The fourth-order valence-electron chi connectivity index (χ4n) is 4.01. The van der Waals surface area contributed by atoms with Crippen LogP contribution in [0.25, 0.3) is 0 Å². The molecule has 1 aliphatic carbocycles. The van der Waals surface area contributed by atoms with Gasteiger partial charge < -0.3 is 5.32 Å². The number of carbonyl (C=O) groups is 1. The van der Waals surface area contributed by atoms with Crippen LogP contribution in [0, 0.1) is 23.5 Å². The van der Waals surface area contributed by atoms with Gasteiger partial charge in [0.05, 0.1) is 11.7 Å². The van der Waals surface area contributed by atoms with Gasteiger partial charge in [-0.3, -0.25) is 14.7 Å². The molecule has 2 aromatic rings. The molecule has 1 saturated carbocycles. The van der Waals surface area contributed by atoms with Gasteiger partial charge in [-0.2, -0.15) is 0 Å². The standard InChI is InChI=1S/C22H25F2N3O/c23-18-9-6-15(12-19(18)24)13-27-11-3-4-17(14-27)21(20-5-1-2-10-25-20)26-22(28)16-7-8-16/h1-2,5-6,9-10,12,16-17,21H,3-4,7-8,11,13-14H2,(H,26,28)/t17-,21-/m1/s1. The summed E-state index contributed by atoms with van der Waals surface area (Å²) in [6.45, 7) is 2.26. The van der Waals surface area contributed by atoms with E-state index >= 15 is 0 Å². The maximum Gasteiger partial charge on any atom is 0.223 e. The van der Waals surface area contributed by atoms with Crippen LogP contribution < -0.4 is 5.32 Å². The summed E-state index contributed by atoms with van der Waals surface area (Å²) in [6, 6.07) is 9.74. The van der Waals surface area contributed by atoms with E-state index in [2.05, 4.69) is 15.2 Å². The van der Waals surface area contributed by atoms with Crippen LogP contribution in [0.1, 0.15) is 43.0 Å². The molecule has 2 heterocycles. The molecule has 2 aliphatic rings. The van der Waals surface area contributed by atoms with Crippen molar-refractivity contribution in [1.29, 1.82) is 0 Å². The first-order valence-electron chi connectivity index (χ1n) is 9.98. The van der Waals surface area contributed by atoms with Gasteiger partial charge in [-0.15, -0.1) is 0 Å². The summed E-state index contributed by atoms with van der Waals surface area (Å²) in [5.41, 5.74) is 1.65. The molecule has 4 rings (SSSR count). The van der Waals surface area contributed by atoms with Crippen molar-refractivity contribution in [2.45, 2.75) is 38.3 Å². The predicted octanol–water partition coefficient (Wildman–Crippen LogP) is 3.84. The van der Waals surface area contributed by atoms with Gasteiger partial charge >= 0.3 is 0 Å². The Labute approximate surface area is 164 Å². The van der Waals surface area contributed by atoms with Crippen LogP contribution in [0.5, 0.6) is 0 Å². The fraction of sp³-hybridized carbons (Fsp3) is 0.455. The molecule has 6 heteroatoms. The highest BCUT2D eigenvalue weighted by Gasteiger charge is 2.35. The number of nitrogens with one attached hydrogen (secondary N) is 1. The molecule has 2 atom stereocenters. The van der Waals surface area contributed by atoms with E-state index in [0.717, 1.165) is 50.0 Å². The maximum atomic E-state index is 13.5. The molecule has 1 N–H and O–H groups in total. The topological polar surface area (TPSA) is 45.2 Å². The van der Waals surface area contributed by atoms with E-state index in [0.29, 0.717) is 6.54 Å². The third kappa shape index (κ3) is 4.55. The van der Waals surface area contributed by atoms with Gasteiger partial charge in [0.25, 0.3) is 0 Å². The highest BCUT2D eigenvalue weighted by Crippen LogP contribution is 2.33. The number of aromatic nitrogens is 1. The number of amides is 1. The lowest BCUT2D eigenvalue weighted by atomic mass is 9.88. The van der Waals surface area contributed by atoms with Crippen molar-refractivity contribution in [3.63, 3.8) is 0 Å². The molecule has 1 aromatic carbocycles. The lowest BCUT2D eigenvalue weighted by Gasteiger charge is -2.37. The van der Waals surface area contributed by atoms with Gasteiger partial charge in [0, 0.05) is 25.2 Å². The second kappa shape index (κ2) is 8.35. The molecule has 2 fully saturated rings. The number of piperidine rings is 1. The van der Waals surface area contributed by atoms with Crippen molar-refractivity contribution in [1.82, 2.24) is 15.2 Å². The minimum atomic E-state index is -0.821. The molecule has 0 unspecified atom stereocenters. The van der Waals surface area contributed by atoms with Gasteiger partial charge in [-0.05, 0) is 68.0 Å². The molecule has 4 nitrogen and oxygen atoms in total. The molecule has 1 aliphatic heterocycles. The summed E-state index contributed by atoms with van der Waals surface area (Å²) in [5, 5.41) is 3.23. The third-order valence-corrected chi connectivity index (χ3v) is 5.66. The van der Waals surface area contributed by atoms with Gasteiger partial charge in [0.1, 0.15) is 0 Å². The summed E-state index contributed by atoms with van der Waals surface area (Å²) in [5.74, 6) is -1.13. The lowest BCUT2D eigenvalue weighted by Crippen LogP contribution is -2.43. The zero-order chi connectivity index (χ0) is 19.5. The number of likely N-dealkylation sites (tertiary alicyclic amines) is 1. The predicted molar refractivity (Wildman–Crippen MR) is 102 cm³/mol. The van der Waals surface area contributed by atoms with Crippen LogP contribution in [0.15, 0.2) is 42.6 Å². The smallest absolute Gasteiger partial charge is 0.223 e. The quantitative estimate of drug-likeness (QED) is 0.822. The molecule has 0 spiro atoms. The van der Waals surface area contributed by atoms with Crippen LogP contribution in [0.3, 0.4) is 0 Å². The monoisotopic (exact) mass is 385 g/mol. The molecule has 148 valence electrons. The van der Waals surface area contributed by atoms with Crippen LogP contribution in [-0.4, -0.2) is 28.9 Å². The van der Waals surface area contributed by atoms with E-state index < -0.39 is 11.6 Å². The van der Waals surface area contributed by atoms with E-state index in [1.165, 1.54) is 12.1 Å². The van der Waals surface area contributed by atoms with E-state index in [-0.39, 0.29) is 23.8 Å². The molecule has 1 amide bonds. The minimum Gasteiger partial charge on any atom is -0.347 e. The van der Waals surface area contributed by atoms with Gasteiger partial charge in [0.15, 0.2) is 11.6 Å². The Bertz CT molecular complexity index is 826. The van der Waals surface area contributed by atoms with Crippen molar-refractivity contribution < 1.29 is 13.6 Å². The highest BCUT2D eigenvalue weighted by molar-refractivity contribution is 5.81. The summed E-state index contributed by atoms with van der Waals surface area (Å²) in [6.07, 6.45) is 5.69. The third-order valence-electron chi connectivity index (χ3n) is 5.66. The van der Waals surface area contributed by atoms with Crippen molar-refractivity contribution in [2.75, 3.05) is 13.1 Å². The van der Waals surface area contributed by atoms with E-state index in [1.807, 2.05) is 18.2 Å². The lowest BCUT2D eigenvalue weighted by molar-refractivity contribution is -0.123. The number of hydrogen-bond acceptors (Lipinski definition) is 3. The number of rotatable bonds is 6. The van der Waals surface area contributed by atoms with Crippen molar-refractivity contribution in [3.8, 4) is 0 Å². The molecule has 28 heavy (non-hydrogen) atoms. The Morgan fingerprint density at radius 3 is 2.75 bits per heavy atom. The number of nitrogens with zero attached hydrogens (tertiary/aromatic N) is 2. The minimum absolute atomic E-state index is 0.119. The second-order valence-corrected chi connectivity index (χ2v) is 7.90. The number of pyridine rings is 1. The summed E-state index contributed by atoms with van der Waals surface area (Å²) in [7, 11) is 0. The van der Waals surface area contributed by atoms with Gasteiger partial charge in [0.2, 0.25) is 5.91 Å². The Hall–Kier alpha value is -2.34. The van der Waals surface area contributed by atoms with Crippen molar-refractivity contribution in [3.05, 3.63) is 65.5 Å². The molecule has 0 radical (unpaired) electrons. The first-order valence-corrected chi connectivity index (χ1v) is 9.98. The fourth-order valence-corrected chi connectivity index (χ4v) is 4.01. The first-order chi connectivity index (χ1) is 13.6. The average Bonchev–Trinajstić information content (AvgIpc) is 3.55. The SMILES string of the molecule is O=C(N[C@@H](c1ccccn1)[C@@H]1CCCN(Cc2ccc(F)c(F)c2)C1)C1CC1. The van der Waals surface area contributed by atoms with E-state index in [9.17, 15) is 13.6 Å². The zero-order valence-corrected chi connectivity index (χ0v) is 15.8. The summed E-state index contributed by atoms with van der Waals surface area (Å²) >= 11 is 0. The first kappa shape index (κ1) is 19.0. The van der Waals surface area contributed by atoms with Gasteiger partial charge in [-0.25, -0.2) is 8.78 Å². The molecule has 1 aromatic heterocycles. The number of halogens is 2. The molecule has 0 bridgehead atoms. The molecular formula is C22H25F2N3O. The zero-order valence-electron chi connectivity index (χ0n) is 15.8. The Balaban J connectivity index is 1.47. The normalized spacial score (nSPS) is 21.3. The van der Waals surface area contributed by atoms with Crippen molar-refractivity contribution >= 4 is 5.91 Å². The van der Waals surface area contributed by atoms with Crippen LogP contribution in [-0.2, 0) is 11.3 Å². The number of carbonyl (C=O) groups excluding carboxylic acids is 1. The Morgan fingerprint density at radius 2 is 2.04 bits per heavy atom. The second-order valence-electron chi connectivity index (χ2n) is 7.90. The maximum absolute atomic E-state index is 13.5. The van der Waals surface area contributed by atoms with E-state index in [1.54, 1.807) is 12.3 Å². The van der Waals surface area contributed by atoms with Crippen LogP contribution in [0.4, 0.5) is 8.78 Å². The Morgan fingerprint density at radius 1 is 1.18 bits per heavy atom.